The van der Waals surface area contributed by atoms with E-state index >= 15 is 0 Å². The van der Waals surface area contributed by atoms with Gasteiger partial charge in [-0.25, -0.2) is 4.79 Å². The van der Waals surface area contributed by atoms with Crippen molar-refractivity contribution in [2.24, 2.45) is 0 Å². The van der Waals surface area contributed by atoms with Gasteiger partial charge in [-0.15, -0.1) is 0 Å². The molecule has 0 bridgehead atoms. The van der Waals surface area contributed by atoms with Crippen molar-refractivity contribution in [1.82, 2.24) is 4.90 Å². The molecule has 0 atom stereocenters. The van der Waals surface area contributed by atoms with Crippen molar-refractivity contribution in [3.05, 3.63) is 59.7 Å². The quantitative estimate of drug-likeness (QED) is 0.906. The van der Waals surface area contributed by atoms with E-state index in [0.717, 1.165) is 5.56 Å². The first-order chi connectivity index (χ1) is 12.6. The Kier molecular flexibility index (Phi) is 3.91. The molecule has 1 fully saturated rings. The molecule has 0 aliphatic carbocycles. The Balaban J connectivity index is 1.44. The third-order valence-electron chi connectivity index (χ3n) is 4.72. The van der Waals surface area contributed by atoms with Crippen molar-refractivity contribution in [3.63, 3.8) is 0 Å². The SMILES string of the molecule is O=C(OCc1ccccc1)N1CC(C(=O)O)(c2ccc3c(c2)OCO3)C1. The molecule has 2 heterocycles. The normalized spacial score (nSPS) is 16.7. The highest BCUT2D eigenvalue weighted by molar-refractivity contribution is 5.86. The zero-order chi connectivity index (χ0) is 18.1. The van der Waals surface area contributed by atoms with Crippen LogP contribution in [0.3, 0.4) is 0 Å². The molecular formula is C19H17NO6. The van der Waals surface area contributed by atoms with Crippen LogP contribution in [0.15, 0.2) is 48.5 Å². The molecule has 134 valence electrons. The van der Waals surface area contributed by atoms with Crippen molar-refractivity contribution < 1.29 is 28.9 Å². The number of hydrogen-bond acceptors (Lipinski definition) is 5. The van der Waals surface area contributed by atoms with Gasteiger partial charge in [0.1, 0.15) is 12.0 Å². The molecule has 0 saturated carbocycles. The molecule has 0 aromatic heterocycles. The lowest BCUT2D eigenvalue weighted by Crippen LogP contribution is -2.65. The van der Waals surface area contributed by atoms with Gasteiger partial charge in [0.2, 0.25) is 6.79 Å². The Labute approximate surface area is 149 Å². The molecule has 7 nitrogen and oxygen atoms in total. The summed E-state index contributed by atoms with van der Waals surface area (Å²) in [5.74, 6) is 0.129. The molecule has 4 rings (SSSR count). The van der Waals surface area contributed by atoms with Crippen LogP contribution in [0.2, 0.25) is 0 Å². The molecule has 1 amide bonds. The summed E-state index contributed by atoms with van der Waals surface area (Å²) in [5.41, 5.74) is 0.301. The van der Waals surface area contributed by atoms with E-state index in [1.807, 2.05) is 30.3 Å². The van der Waals surface area contributed by atoms with Crippen LogP contribution in [0.4, 0.5) is 4.79 Å². The number of nitrogens with zero attached hydrogens (tertiary/aromatic N) is 1. The van der Waals surface area contributed by atoms with Gasteiger partial charge in [0.05, 0.1) is 0 Å². The van der Waals surface area contributed by atoms with Crippen molar-refractivity contribution in [3.8, 4) is 11.5 Å². The molecule has 2 aliphatic heterocycles. The molecule has 0 radical (unpaired) electrons. The Hall–Kier alpha value is -3.22. The average Bonchev–Trinajstić information content (AvgIpc) is 3.07. The first kappa shape index (κ1) is 16.3. The molecule has 26 heavy (non-hydrogen) atoms. The highest BCUT2D eigenvalue weighted by Crippen LogP contribution is 2.41. The highest BCUT2D eigenvalue weighted by Gasteiger charge is 2.53. The van der Waals surface area contributed by atoms with Crippen LogP contribution < -0.4 is 9.47 Å². The number of aliphatic carboxylic acids is 1. The number of benzene rings is 2. The molecular weight excluding hydrogens is 338 g/mol. The van der Waals surface area contributed by atoms with Crippen LogP contribution in [0.1, 0.15) is 11.1 Å². The van der Waals surface area contributed by atoms with E-state index in [0.29, 0.717) is 17.1 Å². The van der Waals surface area contributed by atoms with Gasteiger partial charge in [-0.1, -0.05) is 36.4 Å². The predicted molar refractivity (Wildman–Crippen MR) is 90.1 cm³/mol. The van der Waals surface area contributed by atoms with Crippen LogP contribution >= 0.6 is 0 Å². The molecule has 0 spiro atoms. The minimum atomic E-state index is -1.16. The average molecular weight is 355 g/mol. The van der Waals surface area contributed by atoms with Crippen LogP contribution in [0, 0.1) is 0 Å². The summed E-state index contributed by atoms with van der Waals surface area (Å²) in [6.45, 7) is 0.377. The molecule has 2 aromatic rings. The van der Waals surface area contributed by atoms with E-state index in [2.05, 4.69) is 0 Å². The van der Waals surface area contributed by atoms with Gasteiger partial charge in [-0.3, -0.25) is 4.79 Å². The number of carboxylic acid groups (broad SMARTS) is 1. The Morgan fingerprint density at radius 1 is 1.08 bits per heavy atom. The van der Waals surface area contributed by atoms with Gasteiger partial charge >= 0.3 is 12.1 Å². The van der Waals surface area contributed by atoms with Crippen LogP contribution in [-0.4, -0.2) is 42.0 Å². The summed E-state index contributed by atoms with van der Waals surface area (Å²) in [6.07, 6.45) is -0.522. The maximum atomic E-state index is 12.2. The second kappa shape index (κ2) is 6.25. The van der Waals surface area contributed by atoms with Crippen molar-refractivity contribution in [2.45, 2.75) is 12.0 Å². The minimum absolute atomic E-state index is 0.0512. The third kappa shape index (κ3) is 2.71. The van der Waals surface area contributed by atoms with E-state index in [-0.39, 0.29) is 26.5 Å². The first-order valence-corrected chi connectivity index (χ1v) is 8.18. The highest BCUT2D eigenvalue weighted by atomic mass is 16.7. The minimum Gasteiger partial charge on any atom is -0.480 e. The predicted octanol–water partition coefficient (Wildman–Crippen LogP) is 2.39. The lowest BCUT2D eigenvalue weighted by molar-refractivity contribution is -0.150. The van der Waals surface area contributed by atoms with Gasteiger partial charge in [0, 0.05) is 13.1 Å². The van der Waals surface area contributed by atoms with E-state index in [1.165, 1.54) is 4.90 Å². The van der Waals surface area contributed by atoms with Gasteiger partial charge in [0.15, 0.2) is 11.5 Å². The van der Waals surface area contributed by atoms with Crippen molar-refractivity contribution >= 4 is 12.1 Å². The Morgan fingerprint density at radius 2 is 1.81 bits per heavy atom. The van der Waals surface area contributed by atoms with E-state index < -0.39 is 17.5 Å². The number of fused-ring (bicyclic) bond motifs is 1. The number of hydrogen-bond donors (Lipinski definition) is 1. The lowest BCUT2D eigenvalue weighted by atomic mass is 9.74. The van der Waals surface area contributed by atoms with Crippen LogP contribution in [0.25, 0.3) is 0 Å². The summed E-state index contributed by atoms with van der Waals surface area (Å²) < 4.78 is 15.8. The van der Waals surface area contributed by atoms with Crippen LogP contribution in [-0.2, 0) is 21.6 Å². The molecule has 7 heteroatoms. The number of carbonyl (C=O) groups is 2. The third-order valence-corrected chi connectivity index (χ3v) is 4.72. The standard InChI is InChI=1S/C19H17NO6/c21-17(22)19(14-6-7-15-16(8-14)26-12-25-15)10-20(11-19)18(23)24-9-13-4-2-1-3-5-13/h1-8H,9-12H2,(H,21,22). The fourth-order valence-corrected chi connectivity index (χ4v) is 3.18. The fraction of sp³-hybridized carbons (Fsp3) is 0.263. The first-order valence-electron chi connectivity index (χ1n) is 8.18. The summed E-state index contributed by atoms with van der Waals surface area (Å²) in [4.78, 5) is 25.5. The number of likely N-dealkylation sites (tertiary alicyclic amines) is 1. The van der Waals surface area contributed by atoms with Gasteiger partial charge in [-0.05, 0) is 23.3 Å². The van der Waals surface area contributed by atoms with Crippen molar-refractivity contribution in [1.29, 1.82) is 0 Å². The Morgan fingerprint density at radius 3 is 2.54 bits per heavy atom. The maximum absolute atomic E-state index is 12.2. The number of carbonyl (C=O) groups excluding carboxylic acids is 1. The second-order valence-electron chi connectivity index (χ2n) is 6.35. The van der Waals surface area contributed by atoms with Crippen LogP contribution in [0.5, 0.6) is 11.5 Å². The Bertz CT molecular complexity index is 844. The summed E-state index contributed by atoms with van der Waals surface area (Å²) in [6, 6.07) is 14.4. The summed E-state index contributed by atoms with van der Waals surface area (Å²) in [5, 5.41) is 9.74. The number of carboxylic acids is 1. The second-order valence-corrected chi connectivity index (χ2v) is 6.35. The maximum Gasteiger partial charge on any atom is 0.410 e. The van der Waals surface area contributed by atoms with Gasteiger partial charge in [-0.2, -0.15) is 0 Å². The van der Waals surface area contributed by atoms with E-state index in [4.69, 9.17) is 14.2 Å². The van der Waals surface area contributed by atoms with Gasteiger partial charge < -0.3 is 24.2 Å². The summed E-state index contributed by atoms with van der Waals surface area (Å²) in [7, 11) is 0. The van der Waals surface area contributed by atoms with E-state index in [9.17, 15) is 14.7 Å². The molecule has 0 unspecified atom stereocenters. The topological polar surface area (TPSA) is 85.3 Å². The lowest BCUT2D eigenvalue weighted by Gasteiger charge is -2.46. The zero-order valence-corrected chi connectivity index (χ0v) is 13.9. The zero-order valence-electron chi connectivity index (χ0n) is 13.9. The largest absolute Gasteiger partial charge is 0.480 e. The van der Waals surface area contributed by atoms with E-state index in [1.54, 1.807) is 18.2 Å². The number of rotatable bonds is 4. The smallest absolute Gasteiger partial charge is 0.410 e. The monoisotopic (exact) mass is 355 g/mol. The fourth-order valence-electron chi connectivity index (χ4n) is 3.18. The number of ether oxygens (including phenoxy) is 3. The molecule has 1 N–H and O–H groups in total. The van der Waals surface area contributed by atoms with Gasteiger partial charge in [0.25, 0.3) is 0 Å². The summed E-state index contributed by atoms with van der Waals surface area (Å²) >= 11 is 0. The number of amides is 1. The molecule has 2 aliphatic rings. The molecule has 1 saturated heterocycles. The molecule has 2 aromatic carbocycles. The van der Waals surface area contributed by atoms with Crippen molar-refractivity contribution in [2.75, 3.05) is 19.9 Å².